The van der Waals surface area contributed by atoms with Gasteiger partial charge in [0.1, 0.15) is 17.0 Å². The number of anilines is 1. The van der Waals surface area contributed by atoms with Gasteiger partial charge in [-0.1, -0.05) is 12.1 Å². The lowest BCUT2D eigenvalue weighted by molar-refractivity contribution is -0.126. The van der Waals surface area contributed by atoms with E-state index in [1.165, 1.54) is 13.4 Å². The van der Waals surface area contributed by atoms with Crippen LogP contribution in [0.15, 0.2) is 41.6 Å². The van der Waals surface area contributed by atoms with Crippen molar-refractivity contribution >= 4 is 37.4 Å². The normalized spacial score (nSPS) is 20.2. The molecule has 2 fully saturated rings. The van der Waals surface area contributed by atoms with Crippen molar-refractivity contribution in [3.05, 3.63) is 47.1 Å². The standard InChI is InChI=1S/C23H25F3N4O2S2/c1-27-34(31,32)18-4-2-15(3-5-18)8-16-6-7-22(10-16)12-30(13-22)20-19-9-17(11-23(24,25)26)33-21(19)29-14-28-20/h2-5,9,14,16,27H,6-8,10-13H2,1H3/t16-/m1/s1. The number of nitrogens with zero attached hydrogens (tertiary/aromatic N) is 3. The van der Waals surface area contributed by atoms with Gasteiger partial charge in [-0.15, -0.1) is 11.3 Å². The van der Waals surface area contributed by atoms with Gasteiger partial charge >= 0.3 is 6.18 Å². The highest BCUT2D eigenvalue weighted by Gasteiger charge is 2.48. The second kappa shape index (κ2) is 8.46. The van der Waals surface area contributed by atoms with Crippen LogP contribution in [0.5, 0.6) is 0 Å². The lowest BCUT2D eigenvalue weighted by Gasteiger charge is -2.49. The van der Waals surface area contributed by atoms with Crippen LogP contribution in [0.2, 0.25) is 0 Å². The molecule has 1 aromatic carbocycles. The van der Waals surface area contributed by atoms with Crippen molar-refractivity contribution in [1.82, 2.24) is 14.7 Å². The van der Waals surface area contributed by atoms with Gasteiger partial charge in [0.15, 0.2) is 0 Å². The first-order chi connectivity index (χ1) is 16.1. The van der Waals surface area contributed by atoms with Crippen molar-refractivity contribution in [1.29, 1.82) is 0 Å². The first kappa shape index (κ1) is 23.5. The van der Waals surface area contributed by atoms with Gasteiger partial charge in [-0.3, -0.25) is 0 Å². The third-order valence-corrected chi connectivity index (χ3v) is 9.39. The van der Waals surface area contributed by atoms with Crippen molar-refractivity contribution < 1.29 is 21.6 Å². The molecule has 3 heterocycles. The van der Waals surface area contributed by atoms with Crippen molar-refractivity contribution in [3.8, 4) is 0 Å². The second-order valence-electron chi connectivity index (χ2n) is 9.44. The van der Waals surface area contributed by atoms with Gasteiger partial charge in [0.05, 0.1) is 16.7 Å². The maximum Gasteiger partial charge on any atom is 0.393 e. The zero-order valence-corrected chi connectivity index (χ0v) is 20.2. The first-order valence-corrected chi connectivity index (χ1v) is 13.4. The van der Waals surface area contributed by atoms with Crippen LogP contribution in [0.4, 0.5) is 19.0 Å². The van der Waals surface area contributed by atoms with Gasteiger partial charge in [0, 0.05) is 23.4 Å². The molecule has 1 aliphatic heterocycles. The zero-order valence-electron chi connectivity index (χ0n) is 18.6. The minimum absolute atomic E-state index is 0.210. The Bertz CT molecular complexity index is 1300. The number of nitrogens with one attached hydrogen (secondary N) is 1. The number of halogens is 3. The van der Waals surface area contributed by atoms with Crippen LogP contribution >= 0.6 is 11.3 Å². The van der Waals surface area contributed by atoms with Crippen LogP contribution in [0.1, 0.15) is 29.7 Å². The van der Waals surface area contributed by atoms with Gasteiger partial charge in [-0.25, -0.2) is 23.1 Å². The summed E-state index contributed by atoms with van der Waals surface area (Å²) < 4.78 is 64.6. The molecule has 0 radical (unpaired) electrons. The Morgan fingerprint density at radius 2 is 1.94 bits per heavy atom. The highest BCUT2D eigenvalue weighted by molar-refractivity contribution is 7.89. The molecule has 1 aliphatic carbocycles. The Kier molecular flexibility index (Phi) is 5.84. The van der Waals surface area contributed by atoms with Crippen LogP contribution in [0, 0.1) is 11.3 Å². The van der Waals surface area contributed by atoms with Crippen LogP contribution in [-0.4, -0.2) is 44.7 Å². The predicted octanol–water partition coefficient (Wildman–Crippen LogP) is 4.55. The van der Waals surface area contributed by atoms with Gasteiger partial charge in [-0.2, -0.15) is 13.2 Å². The maximum atomic E-state index is 12.8. The zero-order chi connectivity index (χ0) is 24.1. The summed E-state index contributed by atoms with van der Waals surface area (Å²) in [6, 6.07) is 8.64. The predicted molar refractivity (Wildman–Crippen MR) is 126 cm³/mol. The van der Waals surface area contributed by atoms with Crippen molar-refractivity contribution in [2.75, 3.05) is 25.0 Å². The maximum absolute atomic E-state index is 12.8. The number of aromatic nitrogens is 2. The summed E-state index contributed by atoms with van der Waals surface area (Å²) in [7, 11) is -2.03. The molecule has 6 nitrogen and oxygen atoms in total. The van der Waals surface area contributed by atoms with E-state index in [-0.39, 0.29) is 15.2 Å². The number of fused-ring (bicyclic) bond motifs is 1. The molecule has 182 valence electrons. The topological polar surface area (TPSA) is 75.2 Å². The molecule has 2 aromatic heterocycles. The number of hydrogen-bond acceptors (Lipinski definition) is 6. The van der Waals surface area contributed by atoms with Crippen LogP contribution < -0.4 is 9.62 Å². The third kappa shape index (κ3) is 4.65. The fourth-order valence-electron chi connectivity index (χ4n) is 5.39. The largest absolute Gasteiger partial charge is 0.393 e. The summed E-state index contributed by atoms with van der Waals surface area (Å²) >= 11 is 1.08. The lowest BCUT2D eigenvalue weighted by Crippen LogP contribution is -2.55. The van der Waals surface area contributed by atoms with E-state index in [0.29, 0.717) is 16.1 Å². The average Bonchev–Trinajstić information content (AvgIpc) is 3.35. The molecule has 1 N–H and O–H groups in total. The van der Waals surface area contributed by atoms with Crippen molar-refractivity contribution in [3.63, 3.8) is 0 Å². The highest BCUT2D eigenvalue weighted by atomic mass is 32.2. The van der Waals surface area contributed by atoms with E-state index in [2.05, 4.69) is 19.6 Å². The van der Waals surface area contributed by atoms with Crippen LogP contribution in [0.25, 0.3) is 10.2 Å². The van der Waals surface area contributed by atoms with E-state index in [0.717, 1.165) is 61.5 Å². The monoisotopic (exact) mass is 510 g/mol. The fraction of sp³-hybridized carbons (Fsp3) is 0.478. The smallest absolute Gasteiger partial charge is 0.355 e. The number of thiophene rings is 1. The second-order valence-corrected chi connectivity index (χ2v) is 12.4. The van der Waals surface area contributed by atoms with Gasteiger partial charge in [0.2, 0.25) is 10.0 Å². The number of benzene rings is 1. The Morgan fingerprint density at radius 3 is 2.62 bits per heavy atom. The van der Waals surface area contributed by atoms with Crippen molar-refractivity contribution in [2.24, 2.45) is 11.3 Å². The summed E-state index contributed by atoms with van der Waals surface area (Å²) in [5, 5.41) is 0.702. The van der Waals surface area contributed by atoms with E-state index < -0.39 is 22.6 Å². The first-order valence-electron chi connectivity index (χ1n) is 11.1. The van der Waals surface area contributed by atoms with E-state index >= 15 is 0 Å². The van der Waals surface area contributed by atoms with E-state index in [9.17, 15) is 21.6 Å². The molecular formula is C23H25F3N4O2S2. The SMILES string of the molecule is CNS(=O)(=O)c1ccc(C[C@H]2CCC3(C2)CN(c2ncnc4sc(CC(F)(F)F)cc24)C3)cc1. The summed E-state index contributed by atoms with van der Waals surface area (Å²) in [6.07, 6.45) is 0.458. The summed E-state index contributed by atoms with van der Waals surface area (Å²) in [6.45, 7) is 1.69. The Morgan fingerprint density at radius 1 is 1.21 bits per heavy atom. The van der Waals surface area contributed by atoms with E-state index in [4.69, 9.17) is 0 Å². The summed E-state index contributed by atoms with van der Waals surface area (Å²) in [5.41, 5.74) is 1.34. The summed E-state index contributed by atoms with van der Waals surface area (Å²) in [4.78, 5) is 11.9. The van der Waals surface area contributed by atoms with E-state index in [1.54, 1.807) is 18.2 Å². The molecule has 3 aromatic rings. The minimum Gasteiger partial charge on any atom is -0.355 e. The van der Waals surface area contributed by atoms with Crippen molar-refractivity contribution in [2.45, 2.75) is 43.2 Å². The molecule has 1 saturated carbocycles. The quantitative estimate of drug-likeness (QED) is 0.527. The van der Waals surface area contributed by atoms with Crippen LogP contribution in [-0.2, 0) is 22.9 Å². The highest BCUT2D eigenvalue weighted by Crippen LogP contribution is 2.51. The van der Waals surface area contributed by atoms with Crippen LogP contribution in [0.3, 0.4) is 0 Å². The third-order valence-electron chi connectivity index (χ3n) is 6.92. The lowest BCUT2D eigenvalue weighted by atomic mass is 9.77. The van der Waals surface area contributed by atoms with Gasteiger partial charge < -0.3 is 4.90 Å². The molecule has 1 saturated heterocycles. The minimum atomic E-state index is -4.24. The number of alkyl halides is 3. The number of sulfonamides is 1. The molecule has 2 aliphatic rings. The number of hydrogen-bond donors (Lipinski definition) is 1. The molecule has 0 amide bonds. The van der Waals surface area contributed by atoms with E-state index in [1.807, 2.05) is 12.1 Å². The average molecular weight is 511 g/mol. The molecule has 1 atom stereocenters. The number of rotatable bonds is 6. The summed E-state index contributed by atoms with van der Waals surface area (Å²) in [5.74, 6) is 1.25. The fourth-order valence-corrected chi connectivity index (χ4v) is 7.14. The molecule has 11 heteroatoms. The van der Waals surface area contributed by atoms with Gasteiger partial charge in [0.25, 0.3) is 0 Å². The Labute approximate surface area is 200 Å². The Balaban J connectivity index is 1.23. The molecule has 0 bridgehead atoms. The van der Waals surface area contributed by atoms with Gasteiger partial charge in [-0.05, 0) is 62.4 Å². The molecule has 1 spiro atoms. The molecular weight excluding hydrogens is 485 g/mol. The molecule has 0 unspecified atom stereocenters. The molecule has 34 heavy (non-hydrogen) atoms. The molecule has 5 rings (SSSR count). The Hall–Kier alpha value is -2.24.